The minimum atomic E-state index is -0.00937. The van der Waals surface area contributed by atoms with Crippen molar-refractivity contribution in [1.29, 1.82) is 0 Å². The van der Waals surface area contributed by atoms with Crippen LogP contribution < -0.4 is 10.5 Å². The maximum Gasteiger partial charge on any atom is 0.122 e. The van der Waals surface area contributed by atoms with Gasteiger partial charge in [-0.3, -0.25) is 5.01 Å². The monoisotopic (exact) mass is 403 g/mol. The van der Waals surface area contributed by atoms with E-state index >= 15 is 0 Å². The van der Waals surface area contributed by atoms with Crippen LogP contribution in [0.3, 0.4) is 0 Å². The molecule has 0 fully saturated rings. The molecule has 4 aromatic carbocycles. The van der Waals surface area contributed by atoms with Gasteiger partial charge in [0.25, 0.3) is 0 Å². The van der Waals surface area contributed by atoms with Crippen molar-refractivity contribution in [3.63, 3.8) is 0 Å². The first kappa shape index (κ1) is 19.1. The Morgan fingerprint density at radius 2 is 1.19 bits per heavy atom. The third kappa shape index (κ3) is 3.59. The molecule has 0 spiro atoms. The van der Waals surface area contributed by atoms with Crippen LogP contribution in [0.4, 0.5) is 5.69 Å². The molecule has 4 aromatic rings. The van der Waals surface area contributed by atoms with Crippen molar-refractivity contribution in [1.82, 2.24) is 5.53 Å². The van der Waals surface area contributed by atoms with Gasteiger partial charge in [-0.25, -0.2) is 5.53 Å². The third-order valence-corrected chi connectivity index (χ3v) is 5.94. The Balaban J connectivity index is 1.56. The number of hydrogen-bond acceptors (Lipinski definition) is 3. The van der Waals surface area contributed by atoms with E-state index < -0.39 is 0 Å². The van der Waals surface area contributed by atoms with Crippen LogP contribution in [0.15, 0.2) is 108 Å². The molecule has 1 aliphatic heterocycles. The van der Waals surface area contributed by atoms with Gasteiger partial charge in [0.05, 0.1) is 11.4 Å². The molecule has 152 valence electrons. The first-order valence-corrected chi connectivity index (χ1v) is 10.6. The summed E-state index contributed by atoms with van der Waals surface area (Å²) in [6.45, 7) is 4.30. The van der Waals surface area contributed by atoms with Gasteiger partial charge in [0.15, 0.2) is 0 Å². The van der Waals surface area contributed by atoms with E-state index in [0.717, 1.165) is 17.0 Å². The molecule has 1 unspecified atom stereocenters. The number of aryl methyl sites for hydroxylation is 2. The van der Waals surface area contributed by atoms with E-state index in [1.807, 2.05) is 6.07 Å². The van der Waals surface area contributed by atoms with Crippen molar-refractivity contribution in [2.75, 3.05) is 5.01 Å². The standard InChI is InChI=1S/C28H25N3/c1-20-10-6-8-14-25(20)28-27(29-30-31(28)26-15-9-7-11-21(26)2)24-18-16-23(17-19-24)22-12-4-3-5-13-22/h3-19,28,30H,1-2H3. The van der Waals surface area contributed by atoms with Gasteiger partial charge in [-0.05, 0) is 47.7 Å². The minimum absolute atomic E-state index is 0.00937. The second kappa shape index (κ2) is 8.11. The Morgan fingerprint density at radius 1 is 0.613 bits per heavy atom. The van der Waals surface area contributed by atoms with Gasteiger partial charge in [0, 0.05) is 5.56 Å². The van der Waals surface area contributed by atoms with Gasteiger partial charge in [-0.15, -0.1) is 0 Å². The molecule has 0 radical (unpaired) electrons. The quantitative estimate of drug-likeness (QED) is 0.424. The number of anilines is 1. The molecule has 1 atom stereocenters. The highest BCUT2D eigenvalue weighted by Crippen LogP contribution is 2.35. The Hall–Kier alpha value is -3.85. The largest absolute Gasteiger partial charge is 0.258 e. The Bertz CT molecular complexity index is 1230. The number of benzene rings is 4. The van der Waals surface area contributed by atoms with E-state index in [2.05, 4.69) is 121 Å². The number of hydrogen-bond donors (Lipinski definition) is 1. The SMILES string of the molecule is Cc1ccccc1C1C(c2ccc(-c3ccccc3)cc2)=NNN1c1ccccc1C. The molecule has 0 aromatic heterocycles. The molecule has 3 nitrogen and oxygen atoms in total. The van der Waals surface area contributed by atoms with Crippen LogP contribution in [-0.2, 0) is 0 Å². The van der Waals surface area contributed by atoms with E-state index in [-0.39, 0.29) is 6.04 Å². The molecule has 0 aliphatic carbocycles. The molecule has 1 aliphatic rings. The molecule has 3 heteroatoms. The first-order chi connectivity index (χ1) is 15.2. The molecule has 0 saturated heterocycles. The van der Waals surface area contributed by atoms with Gasteiger partial charge in [0.2, 0.25) is 0 Å². The summed E-state index contributed by atoms with van der Waals surface area (Å²) >= 11 is 0. The van der Waals surface area contributed by atoms with Crippen LogP contribution in [0.1, 0.15) is 28.3 Å². The van der Waals surface area contributed by atoms with Crippen molar-refractivity contribution < 1.29 is 0 Å². The summed E-state index contributed by atoms with van der Waals surface area (Å²) in [5, 5.41) is 6.98. The molecule has 0 bridgehead atoms. The molecular formula is C28H25N3. The molecule has 0 saturated carbocycles. The average molecular weight is 404 g/mol. The lowest BCUT2D eigenvalue weighted by Crippen LogP contribution is -2.35. The number of nitrogens with one attached hydrogen (secondary N) is 1. The van der Waals surface area contributed by atoms with Crippen molar-refractivity contribution in [3.05, 3.63) is 125 Å². The summed E-state index contributed by atoms with van der Waals surface area (Å²) in [4.78, 5) is 0. The van der Waals surface area contributed by atoms with Crippen molar-refractivity contribution in [3.8, 4) is 11.1 Å². The van der Waals surface area contributed by atoms with Crippen molar-refractivity contribution in [2.45, 2.75) is 19.9 Å². The fraction of sp³-hybridized carbons (Fsp3) is 0.107. The maximum atomic E-state index is 4.80. The third-order valence-electron chi connectivity index (χ3n) is 5.94. The number of hydrazine groups is 1. The molecule has 1 heterocycles. The zero-order chi connectivity index (χ0) is 21.2. The Morgan fingerprint density at radius 3 is 1.90 bits per heavy atom. The normalized spacial score (nSPS) is 15.5. The number of nitrogens with zero attached hydrogens (tertiary/aromatic N) is 2. The number of hydrazone groups is 1. The molecule has 1 N–H and O–H groups in total. The number of rotatable bonds is 4. The summed E-state index contributed by atoms with van der Waals surface area (Å²) in [7, 11) is 0. The Labute approximate surface area is 183 Å². The summed E-state index contributed by atoms with van der Waals surface area (Å²) in [6, 6.07) is 36.2. The van der Waals surface area contributed by atoms with Gasteiger partial charge in [0.1, 0.15) is 6.04 Å². The Kier molecular flexibility index (Phi) is 5.01. The van der Waals surface area contributed by atoms with Crippen molar-refractivity contribution in [2.24, 2.45) is 5.10 Å². The van der Waals surface area contributed by atoms with E-state index in [1.165, 1.54) is 27.8 Å². The lowest BCUT2D eigenvalue weighted by molar-refractivity contribution is 0.674. The van der Waals surface area contributed by atoms with E-state index in [0.29, 0.717) is 0 Å². The average Bonchev–Trinajstić information content (AvgIpc) is 3.25. The second-order valence-electron chi connectivity index (χ2n) is 7.96. The van der Waals surface area contributed by atoms with Crippen LogP contribution >= 0.6 is 0 Å². The van der Waals surface area contributed by atoms with Crippen LogP contribution in [0.2, 0.25) is 0 Å². The van der Waals surface area contributed by atoms with E-state index in [4.69, 9.17) is 5.10 Å². The highest BCUT2D eigenvalue weighted by atomic mass is 15.7. The first-order valence-electron chi connectivity index (χ1n) is 10.6. The van der Waals surface area contributed by atoms with Gasteiger partial charge < -0.3 is 0 Å². The summed E-state index contributed by atoms with van der Waals surface area (Å²) < 4.78 is 0. The van der Waals surface area contributed by atoms with Crippen LogP contribution in [0.5, 0.6) is 0 Å². The predicted molar refractivity (Wildman–Crippen MR) is 129 cm³/mol. The zero-order valence-electron chi connectivity index (χ0n) is 17.8. The zero-order valence-corrected chi connectivity index (χ0v) is 17.8. The molecule has 5 rings (SSSR count). The summed E-state index contributed by atoms with van der Waals surface area (Å²) in [5.41, 5.74) is 12.7. The van der Waals surface area contributed by atoms with Gasteiger partial charge >= 0.3 is 0 Å². The number of para-hydroxylation sites is 1. The van der Waals surface area contributed by atoms with Crippen LogP contribution in [-0.4, -0.2) is 5.71 Å². The lowest BCUT2D eigenvalue weighted by Gasteiger charge is -2.29. The topological polar surface area (TPSA) is 27.6 Å². The van der Waals surface area contributed by atoms with E-state index in [9.17, 15) is 0 Å². The summed E-state index contributed by atoms with van der Waals surface area (Å²) in [5.74, 6) is 0. The lowest BCUT2D eigenvalue weighted by atomic mass is 9.92. The predicted octanol–water partition coefficient (Wildman–Crippen LogP) is 6.44. The van der Waals surface area contributed by atoms with E-state index in [1.54, 1.807) is 0 Å². The van der Waals surface area contributed by atoms with Crippen molar-refractivity contribution >= 4 is 11.4 Å². The molecule has 31 heavy (non-hydrogen) atoms. The molecule has 0 amide bonds. The highest BCUT2D eigenvalue weighted by Gasteiger charge is 2.33. The van der Waals surface area contributed by atoms with Crippen LogP contribution in [0.25, 0.3) is 11.1 Å². The second-order valence-corrected chi connectivity index (χ2v) is 7.96. The summed E-state index contributed by atoms with van der Waals surface area (Å²) in [6.07, 6.45) is 0. The van der Waals surface area contributed by atoms with Gasteiger partial charge in [-0.2, -0.15) is 5.10 Å². The highest BCUT2D eigenvalue weighted by molar-refractivity contribution is 6.08. The minimum Gasteiger partial charge on any atom is -0.258 e. The fourth-order valence-electron chi connectivity index (χ4n) is 4.24. The van der Waals surface area contributed by atoms with Crippen LogP contribution in [0, 0.1) is 13.8 Å². The maximum absolute atomic E-state index is 4.80. The smallest absolute Gasteiger partial charge is 0.122 e. The fourth-order valence-corrected chi connectivity index (χ4v) is 4.24. The van der Waals surface area contributed by atoms with Gasteiger partial charge in [-0.1, -0.05) is 97.1 Å². The molecular weight excluding hydrogens is 378 g/mol.